The summed E-state index contributed by atoms with van der Waals surface area (Å²) in [5.74, 6) is 5.28. The number of aromatic nitrogens is 8. The van der Waals surface area contributed by atoms with E-state index in [0.717, 1.165) is 22.3 Å². The highest BCUT2D eigenvalue weighted by Crippen LogP contribution is 2.36. The second kappa shape index (κ2) is 15.8. The Morgan fingerprint density at radius 1 is 0.250 bits per heavy atom. The van der Waals surface area contributed by atoms with Gasteiger partial charge in [-0.15, -0.1) is 0 Å². The zero-order chi connectivity index (χ0) is 37.5. The third kappa shape index (κ3) is 7.57. The lowest BCUT2D eigenvalue weighted by atomic mass is 10.2. The van der Waals surface area contributed by atoms with Gasteiger partial charge in [-0.1, -0.05) is 121 Å². The molecule has 56 heavy (non-hydrogen) atoms. The third-order valence-corrected chi connectivity index (χ3v) is 9.50. The first-order valence-electron chi connectivity index (χ1n) is 18.3. The lowest BCUT2D eigenvalue weighted by Crippen LogP contribution is -2.25. The van der Waals surface area contributed by atoms with Gasteiger partial charge in [-0.2, -0.15) is 0 Å². The minimum atomic E-state index is 0.495. The Hall–Kier alpha value is -7.60. The maximum Gasteiger partial charge on any atom is 0.139 e. The van der Waals surface area contributed by atoms with Gasteiger partial charge >= 0.3 is 0 Å². The maximum absolute atomic E-state index is 4.83. The molecule has 0 radical (unpaired) electrons. The van der Waals surface area contributed by atoms with E-state index in [2.05, 4.69) is 68.1 Å². The van der Waals surface area contributed by atoms with Crippen LogP contribution in [0.15, 0.2) is 171 Å². The molecule has 12 nitrogen and oxygen atoms in total. The van der Waals surface area contributed by atoms with Gasteiger partial charge in [0.15, 0.2) is 0 Å². The van der Waals surface area contributed by atoms with E-state index in [9.17, 15) is 0 Å². The average molecular weight is 733 g/mol. The molecule has 0 N–H and O–H groups in total. The number of nitrogens with zero attached hydrogens (tertiary/aromatic N) is 12. The van der Waals surface area contributed by atoms with Gasteiger partial charge in [0.1, 0.15) is 71.9 Å². The molecular formula is C44H36N12. The highest BCUT2D eigenvalue weighted by molar-refractivity contribution is 5.71. The largest absolute Gasteiger partial charge is 0.306 e. The van der Waals surface area contributed by atoms with E-state index < -0.39 is 0 Å². The molecule has 4 aromatic heterocycles. The minimum absolute atomic E-state index is 0.495. The number of anilines is 8. The molecule has 8 aromatic rings. The monoisotopic (exact) mass is 732 g/mol. The van der Waals surface area contributed by atoms with Crippen molar-refractivity contribution >= 4 is 46.5 Å². The second-order valence-corrected chi connectivity index (χ2v) is 13.2. The van der Waals surface area contributed by atoms with Gasteiger partial charge in [0.25, 0.3) is 0 Å². The molecule has 0 amide bonds. The Labute approximate surface area is 324 Å². The van der Waals surface area contributed by atoms with E-state index in [1.807, 2.05) is 97.1 Å². The fraction of sp³-hybridized carbons (Fsp3) is 0.0909. The Balaban J connectivity index is 1.27. The minimum Gasteiger partial charge on any atom is -0.306 e. The Bertz CT molecular complexity index is 2090. The summed E-state index contributed by atoms with van der Waals surface area (Å²) in [5.41, 5.74) is 4.35. The van der Waals surface area contributed by atoms with E-state index in [0.29, 0.717) is 72.7 Å². The molecule has 5 heterocycles. The highest BCUT2D eigenvalue weighted by Gasteiger charge is 2.24. The molecule has 0 unspecified atom stereocenters. The summed E-state index contributed by atoms with van der Waals surface area (Å²) in [6, 6.07) is 49.0. The molecule has 272 valence electrons. The van der Waals surface area contributed by atoms with Crippen molar-refractivity contribution in [2.45, 2.75) is 26.2 Å². The number of hydrogen-bond acceptors (Lipinski definition) is 12. The number of rotatable bonds is 8. The van der Waals surface area contributed by atoms with E-state index in [4.69, 9.17) is 39.9 Å². The molecule has 1 aliphatic heterocycles. The van der Waals surface area contributed by atoms with Crippen LogP contribution in [0.1, 0.15) is 22.3 Å². The lowest BCUT2D eigenvalue weighted by Gasteiger charge is -2.30. The van der Waals surface area contributed by atoms with Crippen LogP contribution < -0.4 is 19.6 Å². The van der Waals surface area contributed by atoms with Crippen LogP contribution in [0.4, 0.5) is 46.5 Å². The predicted molar refractivity (Wildman–Crippen MR) is 217 cm³/mol. The molecule has 9 rings (SSSR count). The molecule has 8 bridgehead atoms. The van der Waals surface area contributed by atoms with Crippen molar-refractivity contribution in [1.29, 1.82) is 0 Å². The summed E-state index contributed by atoms with van der Waals surface area (Å²) in [6.45, 7) is 1.98. The van der Waals surface area contributed by atoms with E-state index in [-0.39, 0.29) is 0 Å². The first-order chi connectivity index (χ1) is 27.7. The predicted octanol–water partition coefficient (Wildman–Crippen LogP) is 8.51. The van der Waals surface area contributed by atoms with Gasteiger partial charge < -0.3 is 19.6 Å². The maximum atomic E-state index is 4.83. The molecule has 0 spiro atoms. The lowest BCUT2D eigenvalue weighted by molar-refractivity contribution is 0.860. The standard InChI is InChI=1S/C44H36N12/c1-5-13-33(14-6-1)25-53-37-21-39(47-29-45-37)54(26-34-15-7-2-8-16-34)41-23-43(51-31-49-41)56(28-36-19-11-4-12-20-36)44-24-42(50-32-52-44)55(27-35-17-9-3-10-18-35)40-22-38(53)46-30-48-40/h1-24,29-32H,25-28H2. The van der Waals surface area contributed by atoms with Crippen molar-refractivity contribution < 1.29 is 0 Å². The summed E-state index contributed by atoms with van der Waals surface area (Å²) < 4.78 is 0. The molecule has 0 aliphatic carbocycles. The average Bonchev–Trinajstić information content (AvgIpc) is 3.27. The number of hydrogen-bond donors (Lipinski definition) is 0. The normalized spacial score (nSPS) is 12.4. The summed E-state index contributed by atoms with van der Waals surface area (Å²) >= 11 is 0. The van der Waals surface area contributed by atoms with Gasteiger partial charge in [0.2, 0.25) is 0 Å². The van der Waals surface area contributed by atoms with Gasteiger partial charge in [0, 0.05) is 24.3 Å². The van der Waals surface area contributed by atoms with Crippen LogP contribution in [0.25, 0.3) is 0 Å². The highest BCUT2D eigenvalue weighted by atomic mass is 15.3. The van der Waals surface area contributed by atoms with Crippen LogP contribution >= 0.6 is 0 Å². The van der Waals surface area contributed by atoms with Gasteiger partial charge in [-0.3, -0.25) is 0 Å². The topological polar surface area (TPSA) is 116 Å². The van der Waals surface area contributed by atoms with Crippen molar-refractivity contribution in [2.24, 2.45) is 0 Å². The van der Waals surface area contributed by atoms with Crippen LogP contribution in [0.2, 0.25) is 0 Å². The fourth-order valence-corrected chi connectivity index (χ4v) is 6.71. The number of fused-ring (bicyclic) bond motifs is 8. The van der Waals surface area contributed by atoms with Crippen LogP contribution in [0, 0.1) is 0 Å². The van der Waals surface area contributed by atoms with Crippen molar-refractivity contribution in [2.75, 3.05) is 19.6 Å². The Morgan fingerprint density at radius 3 is 0.607 bits per heavy atom. The van der Waals surface area contributed by atoms with Crippen LogP contribution in [-0.2, 0) is 26.2 Å². The molecule has 0 saturated heterocycles. The SMILES string of the molecule is c1ccc(CN2c3cc(ncn3)N(Cc3ccccc3)c3cc(ncn3)N(Cc3ccccc3)c3cc(ncn3)N(Cc3ccccc3)c3cc2ncn3)cc1. The summed E-state index contributed by atoms with van der Waals surface area (Å²) in [5, 5.41) is 0. The molecule has 0 atom stereocenters. The quantitative estimate of drug-likeness (QED) is 0.149. The second-order valence-electron chi connectivity index (χ2n) is 13.2. The Morgan fingerprint density at radius 2 is 0.429 bits per heavy atom. The molecule has 0 saturated carbocycles. The molecule has 0 fully saturated rings. The van der Waals surface area contributed by atoms with Crippen LogP contribution in [-0.4, -0.2) is 39.9 Å². The molecule has 1 aliphatic rings. The van der Waals surface area contributed by atoms with Crippen molar-refractivity contribution in [3.63, 3.8) is 0 Å². The van der Waals surface area contributed by atoms with Crippen molar-refractivity contribution in [3.8, 4) is 0 Å². The number of benzene rings is 4. The third-order valence-electron chi connectivity index (χ3n) is 9.50. The fourth-order valence-electron chi connectivity index (χ4n) is 6.71. The summed E-state index contributed by atoms with van der Waals surface area (Å²) in [7, 11) is 0. The van der Waals surface area contributed by atoms with Crippen LogP contribution in [0.3, 0.4) is 0 Å². The molecule has 4 aromatic carbocycles. The Kier molecular flexibility index (Phi) is 9.64. The first kappa shape index (κ1) is 34.2. The van der Waals surface area contributed by atoms with Crippen LogP contribution in [0.5, 0.6) is 0 Å². The molecule has 12 heteroatoms. The summed E-state index contributed by atoms with van der Waals surface area (Å²) in [6.07, 6.45) is 6.37. The zero-order valence-corrected chi connectivity index (χ0v) is 30.4. The van der Waals surface area contributed by atoms with Crippen molar-refractivity contribution in [1.82, 2.24) is 39.9 Å². The smallest absolute Gasteiger partial charge is 0.139 e. The van der Waals surface area contributed by atoms with E-state index in [1.54, 1.807) is 25.3 Å². The van der Waals surface area contributed by atoms with E-state index >= 15 is 0 Å². The van der Waals surface area contributed by atoms with Gasteiger partial charge in [-0.05, 0) is 22.3 Å². The van der Waals surface area contributed by atoms with Crippen molar-refractivity contribution in [3.05, 3.63) is 193 Å². The van der Waals surface area contributed by atoms with Gasteiger partial charge in [0.05, 0.1) is 26.2 Å². The first-order valence-corrected chi connectivity index (χ1v) is 18.3. The summed E-state index contributed by atoms with van der Waals surface area (Å²) in [4.78, 5) is 47.0. The van der Waals surface area contributed by atoms with Gasteiger partial charge in [-0.25, -0.2) is 39.9 Å². The zero-order valence-electron chi connectivity index (χ0n) is 30.4. The van der Waals surface area contributed by atoms with E-state index in [1.165, 1.54) is 0 Å². The molecular weight excluding hydrogens is 697 g/mol.